The number of anilines is 1. The molecule has 1 saturated heterocycles. The van der Waals surface area contributed by atoms with Gasteiger partial charge in [-0.3, -0.25) is 14.4 Å². The Morgan fingerprint density at radius 2 is 1.82 bits per heavy atom. The third-order valence-electron chi connectivity index (χ3n) is 8.64. The smallest absolute Gasteiger partial charge is 0.227 e. The molecule has 1 saturated carbocycles. The summed E-state index contributed by atoms with van der Waals surface area (Å²) in [6, 6.07) is 10.1. The molecule has 2 aromatic heterocycles. The molecule has 1 aliphatic heterocycles. The van der Waals surface area contributed by atoms with Crippen LogP contribution >= 0.6 is 0 Å². The maximum Gasteiger partial charge on any atom is 0.227 e. The molecule has 7 nitrogen and oxygen atoms in total. The number of hydrogen-bond donors (Lipinski definition) is 0. The predicted molar refractivity (Wildman–Crippen MR) is 145 cm³/mol. The number of carbonyl (C=O) groups excluding carboxylic acids is 1. The average molecular weight is 534 g/mol. The number of methoxy groups -OCH3 is 1. The average Bonchev–Trinajstić information content (AvgIpc) is 3.58. The highest BCUT2D eigenvalue weighted by atomic mass is 19.2. The van der Waals surface area contributed by atoms with Crippen LogP contribution in [0.25, 0.3) is 22.3 Å². The van der Waals surface area contributed by atoms with Gasteiger partial charge in [0.15, 0.2) is 11.6 Å². The molecule has 6 rings (SSSR count). The van der Waals surface area contributed by atoms with Gasteiger partial charge in [0.25, 0.3) is 0 Å². The molecule has 39 heavy (non-hydrogen) atoms. The maximum absolute atomic E-state index is 14.3. The van der Waals surface area contributed by atoms with E-state index in [9.17, 15) is 13.6 Å². The first-order valence-electron chi connectivity index (χ1n) is 13.5. The number of carbonyl (C=O) groups is 1. The van der Waals surface area contributed by atoms with Crippen LogP contribution in [0, 0.1) is 18.6 Å². The van der Waals surface area contributed by atoms with E-state index < -0.39 is 17.2 Å². The first-order chi connectivity index (χ1) is 18.7. The summed E-state index contributed by atoms with van der Waals surface area (Å²) in [5, 5.41) is 4.40. The number of halogens is 2. The zero-order valence-corrected chi connectivity index (χ0v) is 22.7. The Kier molecular flexibility index (Phi) is 6.29. The number of fused-ring (bicyclic) bond motifs is 1. The second kappa shape index (κ2) is 9.55. The Morgan fingerprint density at radius 3 is 2.49 bits per heavy atom. The first kappa shape index (κ1) is 25.7. The standard InChI is InChI=1S/C30H33F2N5O2/c1-18-17-33-35(3)28(18)19-5-12-26-25(15-19)34-29(36(26)20-6-9-22(39-4)10-7-20)30(2)14-13-27(38)37(30)21-8-11-23(31)24(32)16-21/h5,8,11-12,15-17,20,22H,6-7,9-10,13-14H2,1-4H3/t20?,22?,30-/m1/s1. The van der Waals surface area contributed by atoms with E-state index in [1.807, 2.05) is 31.8 Å². The van der Waals surface area contributed by atoms with Crippen LogP contribution in [0.15, 0.2) is 42.6 Å². The molecule has 1 aliphatic carbocycles. The minimum absolute atomic E-state index is 0.128. The van der Waals surface area contributed by atoms with E-state index in [0.717, 1.165) is 71.5 Å². The second-order valence-corrected chi connectivity index (χ2v) is 11.1. The van der Waals surface area contributed by atoms with Crippen molar-refractivity contribution >= 4 is 22.6 Å². The number of rotatable bonds is 5. The molecule has 9 heteroatoms. The fourth-order valence-corrected chi connectivity index (χ4v) is 6.61. The van der Waals surface area contributed by atoms with Crippen LogP contribution in [0.3, 0.4) is 0 Å². The van der Waals surface area contributed by atoms with E-state index >= 15 is 0 Å². The van der Waals surface area contributed by atoms with Crippen LogP contribution in [0.1, 0.15) is 62.9 Å². The monoisotopic (exact) mass is 533 g/mol. The number of imidazole rings is 1. The van der Waals surface area contributed by atoms with Gasteiger partial charge < -0.3 is 9.30 Å². The van der Waals surface area contributed by atoms with Gasteiger partial charge in [0.2, 0.25) is 5.91 Å². The second-order valence-electron chi connectivity index (χ2n) is 11.1. The molecule has 0 radical (unpaired) electrons. The summed E-state index contributed by atoms with van der Waals surface area (Å²) in [7, 11) is 3.69. The van der Waals surface area contributed by atoms with Gasteiger partial charge in [-0.25, -0.2) is 13.8 Å². The van der Waals surface area contributed by atoms with Gasteiger partial charge in [-0.1, -0.05) is 6.07 Å². The van der Waals surface area contributed by atoms with Gasteiger partial charge in [-0.05, 0) is 75.8 Å². The molecule has 4 aromatic rings. The molecule has 0 bridgehead atoms. The Bertz CT molecular complexity index is 1550. The van der Waals surface area contributed by atoms with E-state index in [1.165, 1.54) is 6.07 Å². The van der Waals surface area contributed by atoms with Crippen molar-refractivity contribution in [1.29, 1.82) is 0 Å². The summed E-state index contributed by atoms with van der Waals surface area (Å²) in [5.41, 5.74) is 4.46. The third kappa shape index (κ3) is 4.14. The molecule has 2 aromatic carbocycles. The highest BCUT2D eigenvalue weighted by molar-refractivity contribution is 5.97. The lowest BCUT2D eigenvalue weighted by atomic mass is 9.90. The van der Waals surface area contributed by atoms with Crippen LogP contribution in [-0.4, -0.2) is 38.5 Å². The van der Waals surface area contributed by atoms with Crippen LogP contribution in [0.5, 0.6) is 0 Å². The quantitative estimate of drug-likeness (QED) is 0.307. The summed E-state index contributed by atoms with van der Waals surface area (Å²) >= 11 is 0. The predicted octanol–water partition coefficient (Wildman–Crippen LogP) is 6.20. The summed E-state index contributed by atoms with van der Waals surface area (Å²) in [6.07, 6.45) is 6.64. The van der Waals surface area contributed by atoms with E-state index in [1.54, 1.807) is 12.0 Å². The molecule has 0 N–H and O–H groups in total. The van der Waals surface area contributed by atoms with Gasteiger partial charge in [0.1, 0.15) is 11.4 Å². The fourth-order valence-electron chi connectivity index (χ4n) is 6.61. The van der Waals surface area contributed by atoms with Gasteiger partial charge in [-0.2, -0.15) is 5.10 Å². The lowest BCUT2D eigenvalue weighted by Crippen LogP contribution is -2.44. The molecule has 1 atom stereocenters. The maximum atomic E-state index is 14.3. The Morgan fingerprint density at radius 1 is 1.05 bits per heavy atom. The van der Waals surface area contributed by atoms with Crippen LogP contribution in [0.4, 0.5) is 14.5 Å². The van der Waals surface area contributed by atoms with Crippen molar-refractivity contribution in [3.63, 3.8) is 0 Å². The molecular formula is C30H33F2N5O2. The number of aryl methyl sites for hydroxylation is 2. The molecule has 3 heterocycles. The highest BCUT2D eigenvalue weighted by Gasteiger charge is 2.48. The Balaban J connectivity index is 1.53. The summed E-state index contributed by atoms with van der Waals surface area (Å²) in [5.74, 6) is -1.27. The minimum Gasteiger partial charge on any atom is -0.381 e. The number of hydrogen-bond acceptors (Lipinski definition) is 4. The molecule has 1 amide bonds. The largest absolute Gasteiger partial charge is 0.381 e. The van der Waals surface area contributed by atoms with Crippen molar-refractivity contribution in [1.82, 2.24) is 19.3 Å². The number of amides is 1. The normalized spacial score (nSPS) is 23.7. The lowest BCUT2D eigenvalue weighted by Gasteiger charge is -2.38. The third-order valence-corrected chi connectivity index (χ3v) is 8.64. The molecule has 0 unspecified atom stereocenters. The molecule has 2 fully saturated rings. The molecular weight excluding hydrogens is 500 g/mol. The van der Waals surface area contributed by atoms with Gasteiger partial charge >= 0.3 is 0 Å². The van der Waals surface area contributed by atoms with E-state index in [4.69, 9.17) is 9.72 Å². The fraction of sp³-hybridized carbons (Fsp3) is 0.433. The van der Waals surface area contributed by atoms with Crippen molar-refractivity contribution in [2.45, 2.75) is 70.1 Å². The zero-order chi connectivity index (χ0) is 27.5. The van der Waals surface area contributed by atoms with E-state index in [0.29, 0.717) is 18.5 Å². The topological polar surface area (TPSA) is 65.2 Å². The van der Waals surface area contributed by atoms with Crippen molar-refractivity contribution in [2.75, 3.05) is 12.0 Å². The van der Waals surface area contributed by atoms with Crippen molar-refractivity contribution in [3.8, 4) is 11.3 Å². The molecule has 0 spiro atoms. The molecule has 2 aliphatic rings. The number of benzene rings is 2. The first-order valence-corrected chi connectivity index (χ1v) is 13.5. The highest BCUT2D eigenvalue weighted by Crippen LogP contribution is 2.46. The van der Waals surface area contributed by atoms with Crippen LogP contribution in [0.2, 0.25) is 0 Å². The Hall–Kier alpha value is -3.59. The zero-order valence-electron chi connectivity index (χ0n) is 22.7. The summed E-state index contributed by atoms with van der Waals surface area (Å²) in [4.78, 5) is 20.1. The Labute approximate surface area is 226 Å². The number of ether oxygens (including phenoxy) is 1. The lowest BCUT2D eigenvalue weighted by molar-refractivity contribution is -0.117. The SMILES string of the molecule is COC1CCC(n2c([C@@]3(C)CCC(=O)N3c3ccc(F)c(F)c3)nc3cc(-c4c(C)cnn4C)ccc32)CC1. The van der Waals surface area contributed by atoms with Crippen molar-refractivity contribution in [3.05, 3.63) is 65.6 Å². The summed E-state index contributed by atoms with van der Waals surface area (Å²) in [6.45, 7) is 4.03. The number of aromatic nitrogens is 4. The van der Waals surface area contributed by atoms with Crippen molar-refractivity contribution < 1.29 is 18.3 Å². The number of nitrogens with zero attached hydrogens (tertiary/aromatic N) is 5. The van der Waals surface area contributed by atoms with Gasteiger partial charge in [0, 0.05) is 43.9 Å². The minimum atomic E-state index is -0.975. The molecule has 204 valence electrons. The van der Waals surface area contributed by atoms with Gasteiger partial charge in [-0.15, -0.1) is 0 Å². The van der Waals surface area contributed by atoms with E-state index in [2.05, 4.69) is 27.9 Å². The van der Waals surface area contributed by atoms with Gasteiger partial charge in [0.05, 0.1) is 29.0 Å². The van der Waals surface area contributed by atoms with Crippen molar-refractivity contribution in [2.24, 2.45) is 7.05 Å². The van der Waals surface area contributed by atoms with Crippen LogP contribution < -0.4 is 4.90 Å². The van der Waals surface area contributed by atoms with Crippen LogP contribution in [-0.2, 0) is 22.1 Å². The van der Waals surface area contributed by atoms with E-state index in [-0.39, 0.29) is 18.1 Å². The summed E-state index contributed by atoms with van der Waals surface area (Å²) < 4.78 is 37.9.